The lowest BCUT2D eigenvalue weighted by molar-refractivity contribution is 0.0938. The van der Waals surface area contributed by atoms with Crippen molar-refractivity contribution in [2.45, 2.75) is 33.2 Å². The highest BCUT2D eigenvalue weighted by Crippen LogP contribution is 2.15. The van der Waals surface area contributed by atoms with Gasteiger partial charge < -0.3 is 5.32 Å². The molecule has 1 amide bonds. The van der Waals surface area contributed by atoms with Crippen molar-refractivity contribution in [3.63, 3.8) is 0 Å². The van der Waals surface area contributed by atoms with E-state index in [2.05, 4.69) is 28.2 Å². The first kappa shape index (κ1) is 20.5. The predicted molar refractivity (Wildman–Crippen MR) is 119 cm³/mol. The van der Waals surface area contributed by atoms with E-state index in [9.17, 15) is 9.59 Å². The van der Waals surface area contributed by atoms with Crippen LogP contribution in [0.3, 0.4) is 0 Å². The van der Waals surface area contributed by atoms with Gasteiger partial charge in [-0.05, 0) is 56.2 Å². The van der Waals surface area contributed by atoms with Crippen molar-refractivity contribution < 1.29 is 4.79 Å². The molecule has 3 aromatic rings. The molecule has 0 aliphatic rings. The van der Waals surface area contributed by atoms with Gasteiger partial charge in [-0.15, -0.1) is 0 Å². The standard InChI is InChI=1S/C21H23N5O2S/c1-4-14-8-7-9-15(12-14)22-21(29)24-23-19(27)18-16-10-5-6-11-17(16)20(28)26(25-18)13(2)3/h5-13H,4H2,1-3H3,(H,23,27)(H2,22,24,29). The molecule has 3 N–H and O–H groups in total. The topological polar surface area (TPSA) is 88.0 Å². The maximum atomic E-state index is 12.8. The number of rotatable bonds is 4. The largest absolute Gasteiger partial charge is 0.331 e. The summed E-state index contributed by atoms with van der Waals surface area (Å²) in [5.41, 5.74) is 7.17. The number of nitrogens with zero attached hydrogens (tertiary/aromatic N) is 2. The third-order valence-electron chi connectivity index (χ3n) is 4.42. The van der Waals surface area contributed by atoms with E-state index in [1.807, 2.05) is 38.1 Å². The maximum Gasteiger partial charge on any atom is 0.290 e. The molecule has 2 aromatic carbocycles. The lowest BCUT2D eigenvalue weighted by atomic mass is 10.1. The number of thiocarbonyl (C=S) groups is 1. The van der Waals surface area contributed by atoms with Gasteiger partial charge in [-0.25, -0.2) is 4.68 Å². The number of aryl methyl sites for hydroxylation is 1. The van der Waals surface area contributed by atoms with E-state index in [1.165, 1.54) is 10.2 Å². The molecular weight excluding hydrogens is 386 g/mol. The molecule has 0 saturated heterocycles. The van der Waals surface area contributed by atoms with Gasteiger partial charge in [0.05, 0.1) is 11.4 Å². The van der Waals surface area contributed by atoms with Gasteiger partial charge in [0.25, 0.3) is 11.5 Å². The van der Waals surface area contributed by atoms with Crippen LogP contribution in [-0.4, -0.2) is 20.8 Å². The first-order valence-corrected chi connectivity index (χ1v) is 9.79. The molecule has 0 aliphatic carbocycles. The second-order valence-electron chi connectivity index (χ2n) is 6.82. The van der Waals surface area contributed by atoms with Crippen LogP contribution in [0.4, 0.5) is 5.69 Å². The van der Waals surface area contributed by atoms with Crippen LogP contribution in [0.5, 0.6) is 0 Å². The van der Waals surface area contributed by atoms with E-state index in [-0.39, 0.29) is 22.4 Å². The van der Waals surface area contributed by atoms with Crippen molar-refractivity contribution in [3.05, 3.63) is 70.1 Å². The number of nitrogens with one attached hydrogen (secondary N) is 3. The van der Waals surface area contributed by atoms with Crippen LogP contribution in [-0.2, 0) is 6.42 Å². The molecule has 3 rings (SSSR count). The lowest BCUT2D eigenvalue weighted by Crippen LogP contribution is -2.44. The smallest absolute Gasteiger partial charge is 0.290 e. The van der Waals surface area contributed by atoms with Crippen molar-refractivity contribution in [3.8, 4) is 0 Å². The monoisotopic (exact) mass is 409 g/mol. The molecule has 0 fully saturated rings. The van der Waals surface area contributed by atoms with Crippen LogP contribution in [0.15, 0.2) is 53.3 Å². The predicted octanol–water partition coefficient (Wildman–Crippen LogP) is 3.17. The zero-order chi connectivity index (χ0) is 21.0. The highest BCUT2D eigenvalue weighted by atomic mass is 32.1. The van der Waals surface area contributed by atoms with Crippen LogP contribution >= 0.6 is 12.2 Å². The number of benzene rings is 2. The highest BCUT2D eigenvalue weighted by molar-refractivity contribution is 7.80. The summed E-state index contributed by atoms with van der Waals surface area (Å²) in [5, 5.41) is 8.48. The van der Waals surface area contributed by atoms with Gasteiger partial charge in [0.1, 0.15) is 0 Å². The molecule has 0 saturated carbocycles. The Kier molecular flexibility index (Phi) is 6.23. The molecule has 7 nitrogen and oxygen atoms in total. The third-order valence-corrected chi connectivity index (χ3v) is 4.62. The van der Waals surface area contributed by atoms with Gasteiger partial charge in [-0.1, -0.05) is 37.3 Å². The fourth-order valence-corrected chi connectivity index (χ4v) is 3.10. The van der Waals surface area contributed by atoms with E-state index >= 15 is 0 Å². The summed E-state index contributed by atoms with van der Waals surface area (Å²) in [6.45, 7) is 5.75. The SMILES string of the molecule is CCc1cccc(NC(=S)NNC(=O)c2nn(C(C)C)c(=O)c3ccccc23)c1. The van der Waals surface area contributed by atoms with Gasteiger partial charge in [0.15, 0.2) is 10.8 Å². The quantitative estimate of drug-likeness (QED) is 0.453. The second kappa shape index (κ2) is 8.83. The summed E-state index contributed by atoms with van der Waals surface area (Å²) in [4.78, 5) is 25.4. The number of hydrogen-bond acceptors (Lipinski definition) is 4. The van der Waals surface area contributed by atoms with Gasteiger partial charge >= 0.3 is 0 Å². The second-order valence-corrected chi connectivity index (χ2v) is 7.23. The Morgan fingerprint density at radius 3 is 2.52 bits per heavy atom. The van der Waals surface area contributed by atoms with Crippen molar-refractivity contribution in [2.75, 3.05) is 5.32 Å². The van der Waals surface area contributed by atoms with Crippen LogP contribution < -0.4 is 21.7 Å². The Balaban J connectivity index is 1.78. The number of hydrogen-bond donors (Lipinski definition) is 3. The number of carbonyl (C=O) groups is 1. The minimum Gasteiger partial charge on any atom is -0.331 e. The van der Waals surface area contributed by atoms with Crippen molar-refractivity contribution in [1.29, 1.82) is 0 Å². The average Bonchev–Trinajstić information content (AvgIpc) is 2.72. The number of amides is 1. The van der Waals surface area contributed by atoms with Crippen LogP contribution in [0.25, 0.3) is 10.8 Å². The molecule has 29 heavy (non-hydrogen) atoms. The summed E-state index contributed by atoms with van der Waals surface area (Å²) in [6, 6.07) is 14.6. The molecular formula is C21H23N5O2S. The summed E-state index contributed by atoms with van der Waals surface area (Å²) in [7, 11) is 0. The van der Waals surface area contributed by atoms with Crippen molar-refractivity contribution in [1.82, 2.24) is 20.6 Å². The molecule has 1 heterocycles. The molecule has 1 aromatic heterocycles. The highest BCUT2D eigenvalue weighted by Gasteiger charge is 2.17. The van der Waals surface area contributed by atoms with E-state index in [0.29, 0.717) is 10.8 Å². The average molecular weight is 410 g/mol. The summed E-state index contributed by atoms with van der Waals surface area (Å²) in [5.74, 6) is -0.484. The Bertz CT molecular complexity index is 1120. The zero-order valence-electron chi connectivity index (χ0n) is 16.5. The minimum atomic E-state index is -0.484. The van der Waals surface area contributed by atoms with E-state index in [0.717, 1.165) is 12.1 Å². The number of fused-ring (bicyclic) bond motifs is 1. The normalized spacial score (nSPS) is 10.8. The molecule has 0 radical (unpaired) electrons. The van der Waals surface area contributed by atoms with Crippen molar-refractivity contribution >= 4 is 39.7 Å². The van der Waals surface area contributed by atoms with Gasteiger partial charge in [0, 0.05) is 11.1 Å². The first-order chi connectivity index (χ1) is 13.9. The fraction of sp³-hybridized carbons (Fsp3) is 0.238. The molecule has 0 bridgehead atoms. The number of carbonyl (C=O) groups excluding carboxylic acids is 1. The number of aromatic nitrogens is 2. The molecule has 0 spiro atoms. The molecule has 0 atom stereocenters. The van der Waals surface area contributed by atoms with E-state index in [4.69, 9.17) is 12.2 Å². The van der Waals surface area contributed by atoms with Gasteiger partial charge in [-0.3, -0.25) is 20.4 Å². The Labute approximate surface area is 174 Å². The molecule has 8 heteroatoms. The van der Waals surface area contributed by atoms with Crippen LogP contribution in [0, 0.1) is 0 Å². The molecule has 0 unspecified atom stereocenters. The lowest BCUT2D eigenvalue weighted by Gasteiger charge is -2.15. The number of anilines is 1. The Hall–Kier alpha value is -3.26. The summed E-state index contributed by atoms with van der Waals surface area (Å²) >= 11 is 5.26. The number of hydrazine groups is 1. The third kappa shape index (κ3) is 4.60. The Morgan fingerprint density at radius 2 is 1.83 bits per heavy atom. The zero-order valence-corrected chi connectivity index (χ0v) is 17.3. The molecule has 150 valence electrons. The Morgan fingerprint density at radius 1 is 1.10 bits per heavy atom. The summed E-state index contributed by atoms with van der Waals surface area (Å²) < 4.78 is 1.31. The maximum absolute atomic E-state index is 12.8. The van der Waals surface area contributed by atoms with Gasteiger partial charge in [-0.2, -0.15) is 5.10 Å². The van der Waals surface area contributed by atoms with Crippen molar-refractivity contribution in [2.24, 2.45) is 0 Å². The van der Waals surface area contributed by atoms with Crippen LogP contribution in [0.1, 0.15) is 42.9 Å². The minimum absolute atomic E-state index is 0.150. The molecule has 0 aliphatic heterocycles. The van der Waals surface area contributed by atoms with E-state index < -0.39 is 5.91 Å². The van der Waals surface area contributed by atoms with E-state index in [1.54, 1.807) is 24.3 Å². The first-order valence-electron chi connectivity index (χ1n) is 9.38. The fourth-order valence-electron chi connectivity index (χ4n) is 2.93. The van der Waals surface area contributed by atoms with Crippen LogP contribution in [0.2, 0.25) is 0 Å². The summed E-state index contributed by atoms with van der Waals surface area (Å²) in [6.07, 6.45) is 0.913. The van der Waals surface area contributed by atoms with Gasteiger partial charge in [0.2, 0.25) is 0 Å².